The molecule has 4 heterocycles. The van der Waals surface area contributed by atoms with Crippen LogP contribution in [0, 0.1) is 0 Å². The first-order chi connectivity index (χ1) is 12.4. The highest BCUT2D eigenvalue weighted by Gasteiger charge is 2.22. The molecule has 126 valence electrons. The zero-order chi connectivity index (χ0) is 16.6. The highest BCUT2D eigenvalue weighted by atomic mass is 15.1. The SMILES string of the molecule is c1ccc(CN2CCC(n3ccc4cnc5[nH]ccc5c43)CC2)cc1. The molecule has 0 bridgehead atoms. The lowest BCUT2D eigenvalue weighted by Crippen LogP contribution is -2.34. The Bertz CT molecular complexity index is 991. The van der Waals surface area contributed by atoms with Gasteiger partial charge in [0.15, 0.2) is 0 Å². The number of hydrogen-bond acceptors (Lipinski definition) is 2. The second kappa shape index (κ2) is 6.05. The van der Waals surface area contributed by atoms with Crippen LogP contribution >= 0.6 is 0 Å². The van der Waals surface area contributed by atoms with Crippen molar-refractivity contribution in [3.63, 3.8) is 0 Å². The molecule has 4 heteroatoms. The number of likely N-dealkylation sites (tertiary alicyclic amines) is 1. The number of nitrogens with one attached hydrogen (secondary N) is 1. The van der Waals surface area contributed by atoms with Crippen LogP contribution in [0.1, 0.15) is 24.4 Å². The smallest absolute Gasteiger partial charge is 0.139 e. The van der Waals surface area contributed by atoms with Gasteiger partial charge < -0.3 is 9.55 Å². The number of benzene rings is 1. The maximum absolute atomic E-state index is 4.51. The van der Waals surface area contributed by atoms with Gasteiger partial charge in [0.05, 0.1) is 5.52 Å². The first kappa shape index (κ1) is 14.7. The van der Waals surface area contributed by atoms with Crippen molar-refractivity contribution in [2.75, 3.05) is 13.1 Å². The van der Waals surface area contributed by atoms with E-state index in [9.17, 15) is 0 Å². The van der Waals surface area contributed by atoms with Crippen LogP contribution in [-0.4, -0.2) is 32.5 Å². The van der Waals surface area contributed by atoms with Crippen LogP contribution in [0.4, 0.5) is 0 Å². The van der Waals surface area contributed by atoms with Crippen LogP contribution in [0.15, 0.2) is 61.1 Å². The zero-order valence-electron chi connectivity index (χ0n) is 14.2. The molecule has 1 aliphatic rings. The summed E-state index contributed by atoms with van der Waals surface area (Å²) in [4.78, 5) is 10.3. The van der Waals surface area contributed by atoms with E-state index in [2.05, 4.69) is 68.1 Å². The van der Waals surface area contributed by atoms with Gasteiger partial charge in [0.2, 0.25) is 0 Å². The second-order valence-electron chi connectivity index (χ2n) is 7.02. The van der Waals surface area contributed by atoms with E-state index in [-0.39, 0.29) is 0 Å². The van der Waals surface area contributed by atoms with Crippen molar-refractivity contribution in [3.8, 4) is 0 Å². The van der Waals surface area contributed by atoms with Gasteiger partial charge >= 0.3 is 0 Å². The minimum Gasteiger partial charge on any atom is -0.346 e. The van der Waals surface area contributed by atoms with Gasteiger partial charge in [-0.1, -0.05) is 30.3 Å². The Morgan fingerprint density at radius 2 is 1.88 bits per heavy atom. The van der Waals surface area contributed by atoms with Gasteiger partial charge in [-0.25, -0.2) is 4.98 Å². The van der Waals surface area contributed by atoms with Crippen molar-refractivity contribution >= 4 is 21.9 Å². The molecule has 1 saturated heterocycles. The Morgan fingerprint density at radius 1 is 1.04 bits per heavy atom. The van der Waals surface area contributed by atoms with Gasteiger partial charge in [0, 0.05) is 55.0 Å². The molecule has 25 heavy (non-hydrogen) atoms. The fourth-order valence-corrected chi connectivity index (χ4v) is 4.16. The number of rotatable bonds is 3. The third kappa shape index (κ3) is 2.63. The van der Waals surface area contributed by atoms with E-state index in [1.165, 1.54) is 34.7 Å². The van der Waals surface area contributed by atoms with Gasteiger partial charge in [-0.15, -0.1) is 0 Å². The lowest BCUT2D eigenvalue weighted by Gasteiger charge is -2.33. The van der Waals surface area contributed by atoms with Gasteiger partial charge in [-0.3, -0.25) is 4.90 Å². The lowest BCUT2D eigenvalue weighted by atomic mass is 10.0. The fourth-order valence-electron chi connectivity index (χ4n) is 4.16. The predicted molar refractivity (Wildman–Crippen MR) is 102 cm³/mol. The van der Waals surface area contributed by atoms with Gasteiger partial charge in [0.25, 0.3) is 0 Å². The fraction of sp³-hybridized carbons (Fsp3) is 0.286. The summed E-state index contributed by atoms with van der Waals surface area (Å²) in [6.45, 7) is 3.37. The Morgan fingerprint density at radius 3 is 2.72 bits per heavy atom. The number of H-pyrrole nitrogens is 1. The van der Waals surface area contributed by atoms with Gasteiger partial charge in [0.1, 0.15) is 5.65 Å². The van der Waals surface area contributed by atoms with E-state index in [4.69, 9.17) is 0 Å². The number of nitrogens with zero attached hydrogens (tertiary/aromatic N) is 3. The van der Waals surface area contributed by atoms with Crippen molar-refractivity contribution in [2.24, 2.45) is 0 Å². The predicted octanol–water partition coefficient (Wildman–Crippen LogP) is 4.35. The molecule has 0 aliphatic carbocycles. The van der Waals surface area contributed by atoms with Crippen LogP contribution in [0.3, 0.4) is 0 Å². The number of pyridine rings is 1. The summed E-state index contributed by atoms with van der Waals surface area (Å²) < 4.78 is 2.48. The quantitative estimate of drug-likeness (QED) is 0.606. The summed E-state index contributed by atoms with van der Waals surface area (Å²) in [7, 11) is 0. The van der Waals surface area contributed by atoms with E-state index in [0.29, 0.717) is 6.04 Å². The number of aromatic amines is 1. The molecule has 0 saturated carbocycles. The molecule has 3 aromatic heterocycles. The highest BCUT2D eigenvalue weighted by Crippen LogP contribution is 2.31. The minimum atomic E-state index is 0.574. The molecule has 0 atom stereocenters. The standard InChI is InChI=1S/C21H22N4/c1-2-4-16(5-3-1)15-24-11-8-18(9-12-24)25-13-7-17-14-23-21-19(20(17)25)6-10-22-21/h1-7,10,13-14,18H,8-9,11-12,15H2,(H,22,23). The summed E-state index contributed by atoms with van der Waals surface area (Å²) in [5.41, 5.74) is 3.72. The van der Waals surface area contributed by atoms with Crippen LogP contribution < -0.4 is 0 Å². The summed E-state index contributed by atoms with van der Waals surface area (Å²) in [5.74, 6) is 0. The van der Waals surface area contributed by atoms with Crippen LogP contribution in [0.5, 0.6) is 0 Å². The second-order valence-corrected chi connectivity index (χ2v) is 7.02. The van der Waals surface area contributed by atoms with Gasteiger partial charge in [-0.2, -0.15) is 0 Å². The van der Waals surface area contributed by atoms with Crippen LogP contribution in [0.2, 0.25) is 0 Å². The van der Waals surface area contributed by atoms with Crippen molar-refractivity contribution < 1.29 is 0 Å². The average Bonchev–Trinajstić information content (AvgIpc) is 3.29. The number of fused-ring (bicyclic) bond motifs is 3. The molecule has 4 aromatic rings. The van der Waals surface area contributed by atoms with Crippen molar-refractivity contribution in [1.29, 1.82) is 0 Å². The Kier molecular flexibility index (Phi) is 3.56. The van der Waals surface area contributed by atoms with E-state index < -0.39 is 0 Å². The Balaban J connectivity index is 1.37. The monoisotopic (exact) mass is 330 g/mol. The molecule has 1 fully saturated rings. The average molecular weight is 330 g/mol. The maximum Gasteiger partial charge on any atom is 0.139 e. The number of hydrogen-bond donors (Lipinski definition) is 1. The Hall–Kier alpha value is -2.59. The molecule has 0 amide bonds. The molecule has 1 aliphatic heterocycles. The van der Waals surface area contributed by atoms with E-state index in [1.54, 1.807) is 0 Å². The highest BCUT2D eigenvalue weighted by molar-refractivity contribution is 6.02. The van der Waals surface area contributed by atoms with E-state index in [0.717, 1.165) is 25.3 Å². The molecule has 4 nitrogen and oxygen atoms in total. The zero-order valence-corrected chi connectivity index (χ0v) is 14.2. The summed E-state index contributed by atoms with van der Waals surface area (Å²) in [5, 5.41) is 2.47. The van der Waals surface area contributed by atoms with Gasteiger partial charge in [-0.05, 0) is 30.5 Å². The largest absolute Gasteiger partial charge is 0.346 e. The summed E-state index contributed by atoms with van der Waals surface area (Å²) in [6.07, 6.45) is 8.61. The molecule has 1 N–H and O–H groups in total. The third-order valence-electron chi connectivity index (χ3n) is 5.46. The number of piperidine rings is 1. The number of aromatic nitrogens is 3. The van der Waals surface area contributed by atoms with E-state index >= 15 is 0 Å². The molecule has 0 unspecified atom stereocenters. The molecular weight excluding hydrogens is 308 g/mol. The molecule has 5 rings (SSSR count). The minimum absolute atomic E-state index is 0.574. The first-order valence-electron chi connectivity index (χ1n) is 9.07. The molecular formula is C21H22N4. The summed E-state index contributed by atoms with van der Waals surface area (Å²) in [6, 6.07) is 15.7. The first-order valence-corrected chi connectivity index (χ1v) is 9.07. The Labute approximate surface area is 147 Å². The van der Waals surface area contributed by atoms with Crippen LogP contribution in [-0.2, 0) is 6.54 Å². The normalized spacial score (nSPS) is 16.8. The maximum atomic E-state index is 4.51. The van der Waals surface area contributed by atoms with Crippen molar-refractivity contribution in [2.45, 2.75) is 25.4 Å². The molecule has 0 radical (unpaired) electrons. The molecule has 1 aromatic carbocycles. The molecule has 0 spiro atoms. The van der Waals surface area contributed by atoms with Crippen LogP contribution in [0.25, 0.3) is 21.9 Å². The third-order valence-corrected chi connectivity index (χ3v) is 5.46. The lowest BCUT2D eigenvalue weighted by molar-refractivity contribution is 0.181. The van der Waals surface area contributed by atoms with E-state index in [1.807, 2.05) is 12.4 Å². The topological polar surface area (TPSA) is 36.9 Å². The van der Waals surface area contributed by atoms with Crippen molar-refractivity contribution in [3.05, 3.63) is 66.6 Å². The summed E-state index contributed by atoms with van der Waals surface area (Å²) >= 11 is 0. The van der Waals surface area contributed by atoms with Crippen molar-refractivity contribution in [1.82, 2.24) is 19.4 Å².